The topological polar surface area (TPSA) is 47.6 Å². The Morgan fingerprint density at radius 1 is 0.238 bits per heavy atom. The van der Waals surface area contributed by atoms with Crippen LogP contribution in [0.25, 0.3) is 149 Å². The molecule has 7 nitrogen and oxygen atoms in total. The summed E-state index contributed by atoms with van der Waals surface area (Å²) in [5, 5.41) is 7.35. The predicted octanol–water partition coefficient (Wildman–Crippen LogP) is 30.0. The molecule has 2 aliphatic heterocycles. The van der Waals surface area contributed by atoms with Crippen molar-refractivity contribution in [2.75, 3.05) is 9.80 Å². The molecule has 0 amide bonds. The van der Waals surface area contributed by atoms with E-state index in [0.29, 0.717) is 50.1 Å². The Hall–Kier alpha value is -13.0. The number of para-hydroxylation sites is 6. The van der Waals surface area contributed by atoms with Gasteiger partial charge in [0.15, 0.2) is 22.3 Å². The first-order chi connectivity index (χ1) is 63.7. The molecule has 0 fully saturated rings. The molecular formula is C114H102BN5O2. The minimum atomic E-state index is -0.636. The molecule has 0 aliphatic carbocycles. The molecule has 122 heavy (non-hydrogen) atoms. The van der Waals surface area contributed by atoms with Crippen molar-refractivity contribution in [3.63, 3.8) is 0 Å². The van der Waals surface area contributed by atoms with Crippen LogP contribution in [0.1, 0.15) is 176 Å². The summed E-state index contributed by atoms with van der Waals surface area (Å²) in [6.07, 6.45) is 0. The molecule has 15 aromatic carbocycles. The van der Waals surface area contributed by atoms with Crippen LogP contribution >= 0.6 is 0 Å². The lowest BCUT2D eigenvalue weighted by molar-refractivity contribution is 0.569. The van der Waals surface area contributed by atoms with Gasteiger partial charge < -0.3 is 32.3 Å². The third-order valence-corrected chi connectivity index (χ3v) is 26.1. The molecule has 7 heterocycles. The third kappa shape index (κ3) is 11.5. The van der Waals surface area contributed by atoms with Gasteiger partial charge in [0.1, 0.15) is 0 Å². The van der Waals surface area contributed by atoms with Gasteiger partial charge in [-0.3, -0.25) is 0 Å². The van der Waals surface area contributed by atoms with Gasteiger partial charge in [0.2, 0.25) is 0 Å². The second-order valence-electron chi connectivity index (χ2n) is 40.0. The number of nitrogens with zero attached hydrogens (tertiary/aromatic N) is 5. The van der Waals surface area contributed by atoms with Crippen molar-refractivity contribution in [1.82, 2.24) is 13.7 Å². The Morgan fingerprint density at radius 3 is 1.00 bits per heavy atom. The zero-order chi connectivity index (χ0) is 95.4. The van der Waals surface area contributed by atoms with Crippen molar-refractivity contribution in [2.24, 2.45) is 0 Å². The van der Waals surface area contributed by atoms with Crippen LogP contribution in [0.5, 0.6) is 0 Å². The fourth-order valence-corrected chi connectivity index (χ4v) is 19.4. The summed E-state index contributed by atoms with van der Waals surface area (Å²) in [5.74, 6) is 0. The fourth-order valence-electron chi connectivity index (χ4n) is 19.4. The molecule has 0 bridgehead atoms. The predicted molar refractivity (Wildman–Crippen MR) is 521 cm³/mol. The minimum Gasteiger partial charge on any atom is -0.452 e. The summed E-state index contributed by atoms with van der Waals surface area (Å²) in [6.45, 7) is 39.9. The maximum absolute atomic E-state index is 9.78. The third-order valence-electron chi connectivity index (χ3n) is 26.1. The van der Waals surface area contributed by atoms with Crippen LogP contribution in [-0.4, -0.2) is 20.4 Å². The van der Waals surface area contributed by atoms with Gasteiger partial charge in [-0.15, -0.1) is 0 Å². The number of furan rings is 2. The summed E-state index contributed by atoms with van der Waals surface area (Å²) in [6, 6.07) is 70.1. The van der Waals surface area contributed by atoms with E-state index in [9.17, 15) is 13.7 Å². The molecular weight excluding hydrogens is 1480 g/mol. The molecule has 8 heteroatoms. The SMILES string of the molecule is [2H]c1c([2H])c([2H])c(-c2ccc3c(c2)N(c2cccc4c2oc2c(-n5c6ccc(C(C)(C)C)cc6c6cc(C(C)(C)C)ccc65)cccc24)c2cc(-c4cc(C(C)(C)C)cc(C(C)(C)C)c4)cc4c2B3c2ccc(-n3c5ccc(C(C)(C)C)cc5c5cc(C(C)(C)C)ccc53)cc2N4c2cccc3c2oc2c(-n4c5c([2H])c([2H])c([2H])c([2H])c5c5c([2H])c([2H])c([2H])c([2H])c54)cccc23)c([2H])c1[2H]. The van der Waals surface area contributed by atoms with Crippen LogP contribution in [0.15, 0.2) is 300 Å². The van der Waals surface area contributed by atoms with E-state index in [1.54, 1.807) is 6.07 Å². The van der Waals surface area contributed by atoms with Gasteiger partial charge in [0.05, 0.1) is 73.7 Å². The summed E-state index contributed by atoms with van der Waals surface area (Å²) in [4.78, 5) is 4.63. The summed E-state index contributed by atoms with van der Waals surface area (Å²) in [7, 11) is 0. The Balaban J connectivity index is 0.891. The van der Waals surface area contributed by atoms with E-state index in [4.69, 9.17) is 12.9 Å². The monoisotopic (exact) mass is 1600 g/mol. The van der Waals surface area contributed by atoms with Gasteiger partial charge in [0, 0.05) is 82.3 Å². The van der Waals surface area contributed by atoms with E-state index in [-0.39, 0.29) is 83.2 Å². The van der Waals surface area contributed by atoms with Crippen molar-refractivity contribution in [3.8, 4) is 39.3 Å². The molecule has 0 N–H and O–H groups in total. The lowest BCUT2D eigenvalue weighted by Crippen LogP contribution is -2.61. The molecule has 2 aliphatic rings. The molecule has 0 atom stereocenters. The summed E-state index contributed by atoms with van der Waals surface area (Å²) in [5.41, 5.74) is 22.6. The Labute approximate surface area is 733 Å². The number of aromatic nitrogens is 3. The second kappa shape index (κ2) is 26.2. The molecule has 0 saturated carbocycles. The van der Waals surface area contributed by atoms with E-state index in [0.717, 1.165) is 121 Å². The summed E-state index contributed by atoms with van der Waals surface area (Å²) < 4.78 is 144. The van der Waals surface area contributed by atoms with Gasteiger partial charge in [-0.05, 0) is 220 Å². The lowest BCUT2D eigenvalue weighted by atomic mass is 9.33. The Bertz CT molecular complexity index is 8420. The molecule has 0 spiro atoms. The first kappa shape index (κ1) is 62.1. The van der Waals surface area contributed by atoms with E-state index in [1.165, 1.54) is 26.8 Å². The van der Waals surface area contributed by atoms with Crippen molar-refractivity contribution >= 4 is 167 Å². The van der Waals surface area contributed by atoms with Crippen molar-refractivity contribution < 1.29 is 26.7 Å². The summed E-state index contributed by atoms with van der Waals surface area (Å²) >= 11 is 0. The average molecular weight is 1600 g/mol. The van der Waals surface area contributed by atoms with E-state index in [1.807, 2.05) is 36.4 Å². The Morgan fingerprint density at radius 2 is 0.582 bits per heavy atom. The number of rotatable bonds is 7. The highest BCUT2D eigenvalue weighted by Gasteiger charge is 2.46. The van der Waals surface area contributed by atoms with Gasteiger partial charge >= 0.3 is 0 Å². The van der Waals surface area contributed by atoms with Crippen molar-refractivity contribution in [3.05, 3.63) is 324 Å². The number of benzene rings is 15. The zero-order valence-corrected chi connectivity index (χ0v) is 72.3. The standard InChI is InChI=1S/C114H102BN5O2/c1-109(2,3)71-45-52-92-84(62-71)85-63-72(110(4,5)6)46-53-93(85)116(92)77-49-51-89-101(66-77)120(99-43-29-37-83-80-34-26-40-96(105(80)121-108(83)99)117-90-38-24-22-32-78(90)79-33-23-25-39-91(79)117)103-60-70(69-56-75(113(13,14)15)61-76(57-69)114(16,17)18)59-102-104(103)115(89)88-50-44-68(67-30-20-19-21-31-67)58-100(88)119(102)98-42-28-36-82-81-35-27-41-97(106(81)122-107(82)98)118-94-54-47-73(111(7,8)9)64-86(94)87-65-74(112(10,11)12)48-55-95(87)118/h19-66H,1-18H3/i19D,20D,21D,22D,23D,24D,25D,30D,31D,32D,33D,38D,39D. The van der Waals surface area contributed by atoms with Crippen LogP contribution in [0.4, 0.5) is 34.1 Å². The molecule has 0 saturated heterocycles. The van der Waals surface area contributed by atoms with E-state index >= 15 is 0 Å². The molecule has 5 aromatic heterocycles. The first-order valence-corrected chi connectivity index (χ1v) is 42.6. The highest BCUT2D eigenvalue weighted by molar-refractivity contribution is 7.00. The highest BCUT2D eigenvalue weighted by Crippen LogP contribution is 2.54. The fraction of sp³-hybridized carbons (Fsp3) is 0.211. The normalized spacial score (nSPS) is 15.1. The molecule has 0 unspecified atom stereocenters. The number of hydrogen-bond acceptors (Lipinski definition) is 4. The maximum Gasteiger partial charge on any atom is 0.252 e. The number of anilines is 6. The van der Waals surface area contributed by atoms with Crippen LogP contribution in [0.2, 0.25) is 0 Å². The van der Waals surface area contributed by atoms with Gasteiger partial charge in [-0.1, -0.05) is 300 Å². The van der Waals surface area contributed by atoms with Gasteiger partial charge in [-0.2, -0.15) is 0 Å². The number of hydrogen-bond donors (Lipinski definition) is 0. The van der Waals surface area contributed by atoms with Crippen molar-refractivity contribution in [2.45, 2.75) is 157 Å². The highest BCUT2D eigenvalue weighted by atomic mass is 16.3. The van der Waals surface area contributed by atoms with Crippen LogP contribution < -0.4 is 26.2 Å². The van der Waals surface area contributed by atoms with Gasteiger partial charge in [0.25, 0.3) is 6.71 Å². The maximum atomic E-state index is 9.78. The zero-order valence-electron chi connectivity index (χ0n) is 85.3. The smallest absolute Gasteiger partial charge is 0.252 e. The molecule has 0 radical (unpaired) electrons. The molecule has 22 rings (SSSR count). The largest absolute Gasteiger partial charge is 0.452 e. The lowest BCUT2D eigenvalue weighted by Gasteiger charge is -2.44. The number of fused-ring (bicyclic) bond motifs is 19. The molecule has 598 valence electrons. The van der Waals surface area contributed by atoms with Crippen LogP contribution in [-0.2, 0) is 32.5 Å². The van der Waals surface area contributed by atoms with E-state index < -0.39 is 73.2 Å². The average Bonchev–Trinajstić information content (AvgIpc) is 1.46. The van der Waals surface area contributed by atoms with E-state index in [2.05, 4.69) is 313 Å². The van der Waals surface area contributed by atoms with Crippen LogP contribution in [0.3, 0.4) is 0 Å². The Kier molecular flexibility index (Phi) is 13.4. The van der Waals surface area contributed by atoms with Gasteiger partial charge in [-0.25, -0.2) is 0 Å². The molecule has 20 aromatic rings. The van der Waals surface area contributed by atoms with Crippen molar-refractivity contribution in [1.29, 1.82) is 0 Å². The quantitative estimate of drug-likeness (QED) is 0.149. The second-order valence-corrected chi connectivity index (χ2v) is 40.0. The van der Waals surface area contributed by atoms with Crippen LogP contribution in [0, 0.1) is 0 Å². The minimum absolute atomic E-state index is 0.0424. The first-order valence-electron chi connectivity index (χ1n) is 49.1.